The van der Waals surface area contributed by atoms with Gasteiger partial charge in [0, 0.05) is 0 Å². The largest absolute Gasteiger partial charge is 0.0617 e. The molecule has 0 heterocycles. The molecule has 0 aromatic heterocycles. The van der Waals surface area contributed by atoms with Gasteiger partial charge in [0.05, 0.1) is 0 Å². The Kier molecular flexibility index (Phi) is 2.96. The molecule has 75 valence electrons. The summed E-state index contributed by atoms with van der Waals surface area (Å²) in [6.07, 6.45) is 16.0. The molecule has 13 heavy (non-hydrogen) atoms. The Labute approximate surface area is 83.1 Å². The van der Waals surface area contributed by atoms with Crippen LogP contribution in [0.1, 0.15) is 64.7 Å². The highest BCUT2D eigenvalue weighted by Crippen LogP contribution is 2.50. The van der Waals surface area contributed by atoms with Gasteiger partial charge in [-0.25, -0.2) is 0 Å². The average molecular weight is 179 g/mol. The average Bonchev–Trinajstić information content (AvgIpc) is 2.72. The molecular weight excluding hydrogens is 156 g/mol. The molecule has 0 amide bonds. The molecule has 0 heteroatoms. The van der Waals surface area contributed by atoms with Crippen LogP contribution in [0.3, 0.4) is 0 Å². The standard InChI is InChI=1S/C13H23/c1-2-13(10-6-3-7-11-13)12-8-4-5-9-12/h2,12H,3-11H2,1H3. The summed E-state index contributed by atoms with van der Waals surface area (Å²) in [5, 5.41) is 0. The van der Waals surface area contributed by atoms with E-state index in [1.165, 1.54) is 57.8 Å². The van der Waals surface area contributed by atoms with E-state index >= 15 is 0 Å². The summed E-state index contributed by atoms with van der Waals surface area (Å²) in [6, 6.07) is 0. The maximum Gasteiger partial charge on any atom is -0.0241 e. The Morgan fingerprint density at radius 1 is 0.923 bits per heavy atom. The van der Waals surface area contributed by atoms with Crippen molar-refractivity contribution in [1.29, 1.82) is 0 Å². The smallest absolute Gasteiger partial charge is 0.0241 e. The Morgan fingerprint density at radius 2 is 1.54 bits per heavy atom. The molecule has 0 bridgehead atoms. The van der Waals surface area contributed by atoms with E-state index in [0.29, 0.717) is 5.41 Å². The molecule has 0 saturated heterocycles. The van der Waals surface area contributed by atoms with Crippen LogP contribution in [0.4, 0.5) is 0 Å². The molecule has 0 unspecified atom stereocenters. The first kappa shape index (κ1) is 9.55. The molecule has 1 radical (unpaired) electrons. The zero-order valence-corrected chi connectivity index (χ0v) is 9.02. The quantitative estimate of drug-likeness (QED) is 0.591. The molecule has 0 atom stereocenters. The molecule has 2 fully saturated rings. The fourth-order valence-electron chi connectivity index (χ4n) is 3.64. The Balaban J connectivity index is 2.03. The topological polar surface area (TPSA) is 0 Å². The van der Waals surface area contributed by atoms with Crippen LogP contribution < -0.4 is 0 Å². The summed E-state index contributed by atoms with van der Waals surface area (Å²) in [6.45, 7) is 2.31. The van der Waals surface area contributed by atoms with Gasteiger partial charge in [-0.1, -0.05) is 39.0 Å². The lowest BCUT2D eigenvalue weighted by Gasteiger charge is -2.41. The van der Waals surface area contributed by atoms with Gasteiger partial charge in [-0.15, -0.1) is 0 Å². The van der Waals surface area contributed by atoms with E-state index in [1.807, 2.05) is 0 Å². The third kappa shape index (κ3) is 1.78. The molecule has 0 N–H and O–H groups in total. The minimum absolute atomic E-state index is 0.675. The summed E-state index contributed by atoms with van der Waals surface area (Å²) < 4.78 is 0. The fourth-order valence-corrected chi connectivity index (χ4v) is 3.64. The molecule has 0 aromatic carbocycles. The van der Waals surface area contributed by atoms with Crippen LogP contribution in [0.25, 0.3) is 0 Å². The van der Waals surface area contributed by atoms with Crippen molar-refractivity contribution in [3.63, 3.8) is 0 Å². The molecule has 0 aliphatic heterocycles. The molecule has 2 aliphatic carbocycles. The van der Waals surface area contributed by atoms with Crippen molar-refractivity contribution in [2.75, 3.05) is 0 Å². The van der Waals surface area contributed by atoms with E-state index in [4.69, 9.17) is 0 Å². The lowest BCUT2D eigenvalue weighted by Crippen LogP contribution is -2.31. The van der Waals surface area contributed by atoms with Gasteiger partial charge in [-0.2, -0.15) is 0 Å². The number of hydrogen-bond acceptors (Lipinski definition) is 0. The zero-order chi connectivity index (χ0) is 9.15. The first-order chi connectivity index (χ1) is 6.37. The fraction of sp³-hybridized carbons (Fsp3) is 0.923. The van der Waals surface area contributed by atoms with Gasteiger partial charge < -0.3 is 0 Å². The maximum absolute atomic E-state index is 2.56. The van der Waals surface area contributed by atoms with Gasteiger partial charge >= 0.3 is 0 Å². The summed E-state index contributed by atoms with van der Waals surface area (Å²) in [5.41, 5.74) is 0.675. The number of rotatable bonds is 2. The van der Waals surface area contributed by atoms with E-state index in [9.17, 15) is 0 Å². The van der Waals surface area contributed by atoms with Crippen molar-refractivity contribution in [2.24, 2.45) is 11.3 Å². The van der Waals surface area contributed by atoms with Crippen LogP contribution in [0.15, 0.2) is 0 Å². The molecule has 2 rings (SSSR count). The van der Waals surface area contributed by atoms with Crippen LogP contribution in [-0.4, -0.2) is 0 Å². The van der Waals surface area contributed by atoms with Crippen LogP contribution in [0.5, 0.6) is 0 Å². The summed E-state index contributed by atoms with van der Waals surface area (Å²) in [4.78, 5) is 0. The second kappa shape index (κ2) is 4.02. The lowest BCUT2D eigenvalue weighted by molar-refractivity contribution is 0.138. The second-order valence-electron chi connectivity index (χ2n) is 5.06. The third-order valence-corrected chi connectivity index (χ3v) is 4.53. The molecule has 0 spiro atoms. The molecule has 2 saturated carbocycles. The number of hydrogen-bond donors (Lipinski definition) is 0. The van der Waals surface area contributed by atoms with Gasteiger partial charge in [-0.3, -0.25) is 0 Å². The Bertz CT molecular complexity index is 147. The molecular formula is C13H23. The lowest BCUT2D eigenvalue weighted by atomic mass is 9.64. The normalized spacial score (nSPS) is 29.3. The minimum atomic E-state index is 0.675. The van der Waals surface area contributed by atoms with Crippen molar-refractivity contribution in [3.8, 4) is 0 Å². The van der Waals surface area contributed by atoms with E-state index in [2.05, 4.69) is 13.3 Å². The maximum atomic E-state index is 2.56. The van der Waals surface area contributed by atoms with Gasteiger partial charge in [0.1, 0.15) is 0 Å². The SMILES string of the molecule is C[CH]C1(C2CCCC2)CCCCC1. The zero-order valence-electron chi connectivity index (χ0n) is 9.02. The predicted molar refractivity (Wildman–Crippen MR) is 57.5 cm³/mol. The first-order valence-corrected chi connectivity index (χ1v) is 6.18. The van der Waals surface area contributed by atoms with Crippen LogP contribution in [0, 0.1) is 17.8 Å². The summed E-state index contributed by atoms with van der Waals surface area (Å²) in [7, 11) is 0. The van der Waals surface area contributed by atoms with E-state index in [0.717, 1.165) is 5.92 Å². The van der Waals surface area contributed by atoms with Crippen molar-refractivity contribution in [1.82, 2.24) is 0 Å². The van der Waals surface area contributed by atoms with E-state index in [1.54, 1.807) is 0 Å². The van der Waals surface area contributed by atoms with E-state index in [-0.39, 0.29) is 0 Å². The Morgan fingerprint density at radius 3 is 2.08 bits per heavy atom. The van der Waals surface area contributed by atoms with Gasteiger partial charge in [0.25, 0.3) is 0 Å². The van der Waals surface area contributed by atoms with Crippen molar-refractivity contribution >= 4 is 0 Å². The van der Waals surface area contributed by atoms with E-state index < -0.39 is 0 Å². The van der Waals surface area contributed by atoms with Gasteiger partial charge in [-0.05, 0) is 43.4 Å². The summed E-state index contributed by atoms with van der Waals surface area (Å²) in [5.74, 6) is 1.05. The van der Waals surface area contributed by atoms with Gasteiger partial charge in [0.15, 0.2) is 0 Å². The van der Waals surface area contributed by atoms with Crippen LogP contribution in [-0.2, 0) is 0 Å². The van der Waals surface area contributed by atoms with Crippen LogP contribution in [0.2, 0.25) is 0 Å². The van der Waals surface area contributed by atoms with Crippen molar-refractivity contribution in [3.05, 3.63) is 6.42 Å². The Hall–Kier alpha value is 0. The molecule has 0 nitrogen and oxygen atoms in total. The molecule has 2 aliphatic rings. The monoisotopic (exact) mass is 179 g/mol. The van der Waals surface area contributed by atoms with Crippen molar-refractivity contribution in [2.45, 2.75) is 64.7 Å². The summed E-state index contributed by atoms with van der Waals surface area (Å²) >= 11 is 0. The van der Waals surface area contributed by atoms with Gasteiger partial charge in [0.2, 0.25) is 0 Å². The van der Waals surface area contributed by atoms with Crippen molar-refractivity contribution < 1.29 is 0 Å². The predicted octanol–water partition coefficient (Wildman–Crippen LogP) is 4.35. The highest BCUT2D eigenvalue weighted by Gasteiger charge is 2.39. The minimum Gasteiger partial charge on any atom is -0.0617 e. The highest BCUT2D eigenvalue weighted by molar-refractivity contribution is 4.98. The second-order valence-corrected chi connectivity index (χ2v) is 5.06. The third-order valence-electron chi connectivity index (χ3n) is 4.53. The highest BCUT2D eigenvalue weighted by atomic mass is 14.4. The first-order valence-electron chi connectivity index (χ1n) is 6.18. The molecule has 0 aromatic rings. The van der Waals surface area contributed by atoms with Crippen LogP contribution >= 0.6 is 0 Å².